The highest BCUT2D eigenvalue weighted by Gasteiger charge is 2.07. The van der Waals surface area contributed by atoms with Crippen molar-refractivity contribution in [1.29, 1.82) is 0 Å². The molecule has 0 amide bonds. The van der Waals surface area contributed by atoms with Gasteiger partial charge in [0, 0.05) is 6.04 Å². The zero-order valence-electron chi connectivity index (χ0n) is 10.2. The molecule has 0 saturated heterocycles. The molecule has 0 bridgehead atoms. The number of benzene rings is 2. The summed E-state index contributed by atoms with van der Waals surface area (Å²) in [5.74, 6) is 0. The predicted octanol–water partition coefficient (Wildman–Crippen LogP) is 4.01. The van der Waals surface area contributed by atoms with E-state index in [4.69, 9.17) is 16.7 Å². The van der Waals surface area contributed by atoms with E-state index in [0.29, 0.717) is 5.02 Å². The van der Waals surface area contributed by atoms with Crippen LogP contribution in [0.3, 0.4) is 0 Å². The van der Waals surface area contributed by atoms with Crippen LogP contribution in [-0.2, 0) is 6.61 Å². The fourth-order valence-electron chi connectivity index (χ4n) is 1.86. The lowest BCUT2D eigenvalue weighted by Crippen LogP contribution is -2.07. The molecule has 0 aliphatic heterocycles. The van der Waals surface area contributed by atoms with E-state index in [0.717, 1.165) is 16.8 Å². The topological polar surface area (TPSA) is 32.3 Å². The maximum atomic E-state index is 9.14. The minimum absolute atomic E-state index is 0.0622. The number of para-hydroxylation sites is 1. The van der Waals surface area contributed by atoms with E-state index in [-0.39, 0.29) is 12.6 Å². The van der Waals surface area contributed by atoms with Gasteiger partial charge in [0.15, 0.2) is 0 Å². The molecule has 2 aromatic carbocycles. The summed E-state index contributed by atoms with van der Waals surface area (Å²) in [6.45, 7) is 2.13. The summed E-state index contributed by atoms with van der Waals surface area (Å²) < 4.78 is 0. The molecule has 0 saturated carbocycles. The molecule has 3 heteroatoms. The Balaban J connectivity index is 2.16. The highest BCUT2D eigenvalue weighted by atomic mass is 35.5. The first-order valence-electron chi connectivity index (χ1n) is 5.91. The Bertz CT molecular complexity index is 527. The molecule has 1 unspecified atom stereocenters. The van der Waals surface area contributed by atoms with Crippen LogP contribution in [0.4, 0.5) is 5.69 Å². The average Bonchev–Trinajstić information content (AvgIpc) is 2.41. The first-order chi connectivity index (χ1) is 8.70. The van der Waals surface area contributed by atoms with Crippen molar-refractivity contribution < 1.29 is 5.11 Å². The van der Waals surface area contributed by atoms with Crippen LogP contribution in [0.15, 0.2) is 48.5 Å². The number of hydrogen-bond donors (Lipinski definition) is 2. The lowest BCUT2D eigenvalue weighted by atomic mass is 10.1. The van der Waals surface area contributed by atoms with E-state index >= 15 is 0 Å². The third-order valence-corrected chi connectivity index (χ3v) is 3.21. The van der Waals surface area contributed by atoms with E-state index in [1.54, 1.807) is 0 Å². The zero-order chi connectivity index (χ0) is 13.0. The molecule has 2 aromatic rings. The second kappa shape index (κ2) is 5.89. The smallest absolute Gasteiger partial charge is 0.0681 e. The summed E-state index contributed by atoms with van der Waals surface area (Å²) in [7, 11) is 0. The third kappa shape index (κ3) is 3.03. The molecule has 0 aliphatic carbocycles. The highest BCUT2D eigenvalue weighted by Crippen LogP contribution is 2.26. The lowest BCUT2D eigenvalue weighted by molar-refractivity contribution is 0.281. The molecule has 0 spiro atoms. The maximum Gasteiger partial charge on any atom is 0.0681 e. The number of rotatable bonds is 4. The van der Waals surface area contributed by atoms with E-state index in [1.807, 2.05) is 48.5 Å². The molecule has 2 N–H and O–H groups in total. The van der Waals surface area contributed by atoms with E-state index in [2.05, 4.69) is 12.2 Å². The quantitative estimate of drug-likeness (QED) is 0.872. The normalized spacial score (nSPS) is 12.2. The Morgan fingerprint density at radius 2 is 1.94 bits per heavy atom. The average molecular weight is 262 g/mol. The summed E-state index contributed by atoms with van der Waals surface area (Å²) >= 11 is 6.11. The van der Waals surface area contributed by atoms with Gasteiger partial charge in [0.2, 0.25) is 0 Å². The fraction of sp³-hybridized carbons (Fsp3) is 0.200. The minimum Gasteiger partial charge on any atom is -0.392 e. The van der Waals surface area contributed by atoms with Gasteiger partial charge in [0.25, 0.3) is 0 Å². The van der Waals surface area contributed by atoms with Gasteiger partial charge in [-0.2, -0.15) is 0 Å². The predicted molar refractivity (Wildman–Crippen MR) is 75.9 cm³/mol. The van der Waals surface area contributed by atoms with Crippen molar-refractivity contribution in [2.75, 3.05) is 5.32 Å². The van der Waals surface area contributed by atoms with Crippen molar-refractivity contribution in [2.24, 2.45) is 0 Å². The molecule has 2 rings (SSSR count). The second-order valence-corrected chi connectivity index (χ2v) is 4.66. The van der Waals surface area contributed by atoms with Crippen LogP contribution < -0.4 is 5.32 Å². The van der Waals surface area contributed by atoms with Gasteiger partial charge in [-0.1, -0.05) is 48.0 Å². The first kappa shape index (κ1) is 12.9. The van der Waals surface area contributed by atoms with Crippen molar-refractivity contribution >= 4 is 17.3 Å². The van der Waals surface area contributed by atoms with Gasteiger partial charge in [0.1, 0.15) is 0 Å². The maximum absolute atomic E-state index is 9.14. The molecule has 0 heterocycles. The third-order valence-electron chi connectivity index (χ3n) is 2.88. The number of nitrogens with one attached hydrogen (secondary N) is 1. The molecule has 94 valence electrons. The van der Waals surface area contributed by atoms with Crippen molar-refractivity contribution in [2.45, 2.75) is 19.6 Å². The van der Waals surface area contributed by atoms with Crippen molar-refractivity contribution in [3.63, 3.8) is 0 Å². The van der Waals surface area contributed by atoms with Gasteiger partial charge >= 0.3 is 0 Å². The minimum atomic E-state index is 0.0622. The van der Waals surface area contributed by atoms with Gasteiger partial charge in [-0.3, -0.25) is 0 Å². The first-order valence-corrected chi connectivity index (χ1v) is 6.29. The van der Waals surface area contributed by atoms with Crippen molar-refractivity contribution in [3.05, 3.63) is 64.7 Å². The monoisotopic (exact) mass is 261 g/mol. The van der Waals surface area contributed by atoms with Crippen molar-refractivity contribution in [1.82, 2.24) is 0 Å². The molecule has 1 atom stereocenters. The molecule has 0 radical (unpaired) electrons. The fourth-order valence-corrected chi connectivity index (χ4v) is 2.05. The molecule has 18 heavy (non-hydrogen) atoms. The Morgan fingerprint density at radius 1 is 1.17 bits per heavy atom. The van der Waals surface area contributed by atoms with E-state index in [1.165, 1.54) is 0 Å². The lowest BCUT2D eigenvalue weighted by Gasteiger charge is -2.17. The summed E-state index contributed by atoms with van der Waals surface area (Å²) in [4.78, 5) is 0. The Kier molecular flexibility index (Phi) is 4.24. The molecule has 0 aromatic heterocycles. The van der Waals surface area contributed by atoms with Gasteiger partial charge in [-0.05, 0) is 30.2 Å². The molecule has 2 nitrogen and oxygen atoms in total. The van der Waals surface area contributed by atoms with Crippen LogP contribution in [0.25, 0.3) is 0 Å². The summed E-state index contributed by atoms with van der Waals surface area (Å²) in [5.41, 5.74) is 2.96. The number of anilines is 1. The second-order valence-electron chi connectivity index (χ2n) is 4.25. The number of halogens is 1. The number of aliphatic hydroxyl groups excluding tert-OH is 1. The molecular formula is C15H16ClNO. The summed E-state index contributed by atoms with van der Waals surface area (Å²) in [5, 5.41) is 13.2. The van der Waals surface area contributed by atoms with Crippen molar-refractivity contribution in [3.8, 4) is 0 Å². The Hall–Kier alpha value is -1.51. The van der Waals surface area contributed by atoms with Crippen LogP contribution in [0.1, 0.15) is 24.1 Å². The van der Waals surface area contributed by atoms with Crippen LogP contribution in [0.5, 0.6) is 0 Å². The number of hydrogen-bond acceptors (Lipinski definition) is 2. The standard InChI is InChI=1S/C15H16ClNO/c1-11(13-6-4-5-12(9-13)10-18)17-15-8-3-2-7-14(15)16/h2-9,11,17-18H,10H2,1H3. The van der Waals surface area contributed by atoms with Crippen LogP contribution in [-0.4, -0.2) is 5.11 Å². The highest BCUT2D eigenvalue weighted by molar-refractivity contribution is 6.33. The summed E-state index contributed by atoms with van der Waals surface area (Å²) in [6.07, 6.45) is 0. The number of aliphatic hydroxyl groups is 1. The van der Waals surface area contributed by atoms with E-state index < -0.39 is 0 Å². The van der Waals surface area contributed by atoms with Crippen LogP contribution in [0.2, 0.25) is 5.02 Å². The van der Waals surface area contributed by atoms with Crippen LogP contribution >= 0.6 is 11.6 Å². The summed E-state index contributed by atoms with van der Waals surface area (Å²) in [6, 6.07) is 15.7. The zero-order valence-corrected chi connectivity index (χ0v) is 11.0. The molecule has 0 fully saturated rings. The van der Waals surface area contributed by atoms with Gasteiger partial charge in [-0.15, -0.1) is 0 Å². The van der Waals surface area contributed by atoms with E-state index in [9.17, 15) is 0 Å². The van der Waals surface area contributed by atoms with Gasteiger partial charge in [-0.25, -0.2) is 0 Å². The van der Waals surface area contributed by atoms with Gasteiger partial charge in [0.05, 0.1) is 17.3 Å². The Labute approximate surface area is 112 Å². The SMILES string of the molecule is CC(Nc1ccccc1Cl)c1cccc(CO)c1. The largest absolute Gasteiger partial charge is 0.392 e. The van der Waals surface area contributed by atoms with Crippen LogP contribution in [0, 0.1) is 0 Å². The molecular weight excluding hydrogens is 246 g/mol. The molecule has 0 aliphatic rings. The Morgan fingerprint density at radius 3 is 2.67 bits per heavy atom. The van der Waals surface area contributed by atoms with Gasteiger partial charge < -0.3 is 10.4 Å².